The highest BCUT2D eigenvalue weighted by molar-refractivity contribution is 6.30. The molecule has 9 heteroatoms. The number of carbonyl (C=O) groups is 2. The first-order valence-corrected chi connectivity index (χ1v) is 14.1. The smallest absolute Gasteiger partial charge is 0.406 e. The third-order valence-electron chi connectivity index (χ3n) is 7.51. The molecule has 2 amide bonds. The third-order valence-corrected chi connectivity index (χ3v) is 7.75. The van der Waals surface area contributed by atoms with Crippen molar-refractivity contribution in [1.82, 2.24) is 10.2 Å². The Balaban J connectivity index is 1.57. The zero-order chi connectivity index (χ0) is 26.6. The number of hydrogen-bond donors (Lipinski definition) is 2. The minimum atomic E-state index is -0.488. The Kier molecular flexibility index (Phi) is 12.5. The van der Waals surface area contributed by atoms with Gasteiger partial charge in [-0.3, -0.25) is 4.79 Å². The number of hydrogen-bond acceptors (Lipinski definition) is 6. The van der Waals surface area contributed by atoms with E-state index in [1.165, 1.54) is 13.5 Å². The van der Waals surface area contributed by atoms with E-state index >= 15 is 0 Å². The molecule has 0 unspecified atom stereocenters. The zero-order valence-corrected chi connectivity index (χ0v) is 23.1. The maximum atomic E-state index is 13.2. The molecule has 37 heavy (non-hydrogen) atoms. The van der Waals surface area contributed by atoms with E-state index in [0.29, 0.717) is 43.5 Å². The topological polar surface area (TPSA) is 103 Å². The quantitative estimate of drug-likeness (QED) is 0.399. The lowest BCUT2D eigenvalue weighted by Crippen LogP contribution is -2.43. The van der Waals surface area contributed by atoms with E-state index in [1.54, 1.807) is 0 Å². The number of nitrogens with one attached hydrogen (secondary N) is 1. The van der Waals surface area contributed by atoms with Crippen LogP contribution in [0.2, 0.25) is 5.02 Å². The van der Waals surface area contributed by atoms with E-state index in [0.717, 1.165) is 63.0 Å². The molecule has 2 fully saturated rings. The molecule has 0 saturated carbocycles. The number of rotatable bonds is 11. The highest BCUT2D eigenvalue weighted by atomic mass is 35.5. The highest BCUT2D eigenvalue weighted by Gasteiger charge is 2.32. The van der Waals surface area contributed by atoms with Crippen LogP contribution in [0.5, 0.6) is 0 Å². The molecule has 8 nitrogen and oxygen atoms in total. The summed E-state index contributed by atoms with van der Waals surface area (Å²) in [5.74, 6) is 0.787. The average molecular weight is 538 g/mol. The first kappa shape index (κ1) is 29.7. The Morgan fingerprint density at radius 2 is 2.11 bits per heavy atom. The van der Waals surface area contributed by atoms with Crippen LogP contribution in [0, 0.1) is 18.8 Å². The summed E-state index contributed by atoms with van der Waals surface area (Å²) in [6, 6.07) is 5.83. The number of likely N-dealkylation sites (tertiary alicyclic amines) is 1. The fourth-order valence-corrected chi connectivity index (χ4v) is 5.64. The van der Waals surface area contributed by atoms with Crippen molar-refractivity contribution in [1.29, 1.82) is 0 Å². The molecular formula is C28H44ClN3O5. The fourth-order valence-electron chi connectivity index (χ4n) is 5.46. The van der Waals surface area contributed by atoms with Crippen LogP contribution in [0.4, 0.5) is 4.79 Å². The first-order valence-electron chi connectivity index (χ1n) is 13.7. The van der Waals surface area contributed by atoms with Crippen LogP contribution >= 0.6 is 11.6 Å². The summed E-state index contributed by atoms with van der Waals surface area (Å²) in [4.78, 5) is 26.6. The number of nitrogens with two attached hydrogens (primary N) is 1. The van der Waals surface area contributed by atoms with Gasteiger partial charge >= 0.3 is 6.09 Å². The van der Waals surface area contributed by atoms with Gasteiger partial charge in [-0.2, -0.15) is 0 Å². The highest BCUT2D eigenvalue weighted by Crippen LogP contribution is 2.36. The zero-order valence-electron chi connectivity index (χ0n) is 22.4. The number of methoxy groups -OCH3 is 1. The van der Waals surface area contributed by atoms with Crippen LogP contribution < -0.4 is 11.1 Å². The Bertz CT molecular complexity index is 862. The molecule has 0 spiro atoms. The average Bonchev–Trinajstić information content (AvgIpc) is 3.17. The molecule has 2 saturated heterocycles. The maximum Gasteiger partial charge on any atom is 0.406 e. The number of nitrogens with zero attached hydrogens (tertiary/aromatic N) is 1. The van der Waals surface area contributed by atoms with Crippen molar-refractivity contribution in [3.63, 3.8) is 0 Å². The van der Waals surface area contributed by atoms with E-state index in [1.807, 2.05) is 30.0 Å². The van der Waals surface area contributed by atoms with Crippen molar-refractivity contribution < 1.29 is 23.8 Å². The normalized spacial score (nSPS) is 22.1. The van der Waals surface area contributed by atoms with Crippen LogP contribution in [0.1, 0.15) is 68.6 Å². The molecular weight excluding hydrogens is 494 g/mol. The van der Waals surface area contributed by atoms with Crippen LogP contribution in [0.3, 0.4) is 0 Å². The summed E-state index contributed by atoms with van der Waals surface area (Å²) in [6.45, 7) is 5.73. The summed E-state index contributed by atoms with van der Waals surface area (Å²) in [6.07, 6.45) is 6.71. The minimum absolute atomic E-state index is 0.0174. The molecule has 2 aliphatic rings. The van der Waals surface area contributed by atoms with Gasteiger partial charge in [-0.15, -0.1) is 0 Å². The van der Waals surface area contributed by atoms with E-state index in [9.17, 15) is 9.59 Å². The van der Waals surface area contributed by atoms with Gasteiger partial charge in [0, 0.05) is 56.3 Å². The molecule has 1 aromatic rings. The number of halogens is 1. The van der Waals surface area contributed by atoms with Gasteiger partial charge in [0.15, 0.2) is 0 Å². The van der Waals surface area contributed by atoms with Crippen LogP contribution in [0.25, 0.3) is 0 Å². The van der Waals surface area contributed by atoms with Crippen LogP contribution in [-0.2, 0) is 19.0 Å². The molecule has 3 N–H and O–H groups in total. The molecule has 0 radical (unpaired) electrons. The number of ether oxygens (including phenoxy) is 3. The Morgan fingerprint density at radius 3 is 2.92 bits per heavy atom. The van der Waals surface area contributed by atoms with Crippen molar-refractivity contribution >= 4 is 23.6 Å². The second-order valence-electron chi connectivity index (χ2n) is 10.4. The summed E-state index contributed by atoms with van der Waals surface area (Å²) < 4.78 is 16.6. The minimum Gasteiger partial charge on any atom is -0.453 e. The summed E-state index contributed by atoms with van der Waals surface area (Å²) in [5, 5.41) is 3.31. The lowest BCUT2D eigenvalue weighted by atomic mass is 9.86. The number of aryl methyl sites for hydroxylation is 1. The van der Waals surface area contributed by atoms with Crippen LogP contribution in [-0.4, -0.2) is 69.5 Å². The lowest BCUT2D eigenvalue weighted by Gasteiger charge is -2.38. The number of amides is 2. The number of alkyl carbamates (subject to hydrolysis) is 1. The molecule has 2 heterocycles. The molecule has 208 valence electrons. The van der Waals surface area contributed by atoms with Crippen molar-refractivity contribution in [2.24, 2.45) is 17.6 Å². The molecule has 0 aliphatic carbocycles. The van der Waals surface area contributed by atoms with Gasteiger partial charge in [0.05, 0.1) is 19.8 Å². The van der Waals surface area contributed by atoms with Gasteiger partial charge in [0.25, 0.3) is 0 Å². The largest absolute Gasteiger partial charge is 0.453 e. The Labute approximate surface area is 226 Å². The second-order valence-corrected chi connectivity index (χ2v) is 10.9. The number of carbonyl (C=O) groups excluding carboxylic acids is 2. The maximum absolute atomic E-state index is 13.2. The summed E-state index contributed by atoms with van der Waals surface area (Å²) in [5.41, 5.74) is 8.53. The van der Waals surface area contributed by atoms with Gasteiger partial charge in [0.2, 0.25) is 5.91 Å². The lowest BCUT2D eigenvalue weighted by molar-refractivity contribution is -0.134. The van der Waals surface area contributed by atoms with Crippen molar-refractivity contribution in [2.45, 2.75) is 70.4 Å². The van der Waals surface area contributed by atoms with Crippen LogP contribution in [0.15, 0.2) is 18.2 Å². The predicted octanol–water partition coefficient (Wildman–Crippen LogP) is 4.62. The van der Waals surface area contributed by atoms with Gasteiger partial charge in [-0.25, -0.2) is 4.79 Å². The van der Waals surface area contributed by atoms with Gasteiger partial charge in [0.1, 0.15) is 0 Å². The summed E-state index contributed by atoms with van der Waals surface area (Å²) >= 11 is 6.34. The van der Waals surface area contributed by atoms with Crippen molar-refractivity contribution in [3.8, 4) is 0 Å². The number of benzene rings is 1. The Morgan fingerprint density at radius 1 is 1.27 bits per heavy atom. The van der Waals surface area contributed by atoms with E-state index in [4.69, 9.17) is 26.8 Å². The Hall–Kier alpha value is -1.87. The monoisotopic (exact) mass is 537 g/mol. The van der Waals surface area contributed by atoms with Crippen molar-refractivity contribution in [3.05, 3.63) is 34.3 Å². The fraction of sp³-hybridized carbons (Fsp3) is 0.714. The van der Waals surface area contributed by atoms with E-state index in [-0.39, 0.29) is 24.0 Å². The SMILES string of the molecule is COC(=O)NCCO[C@@H](c1cc(Cl)ccc1C)[C@@H]1CCCN(C(=O)CC[C@@H](N)C[C@H]2CCCCOC2)C1. The third kappa shape index (κ3) is 9.74. The van der Waals surface area contributed by atoms with Gasteiger partial charge in [-0.1, -0.05) is 24.1 Å². The van der Waals surface area contributed by atoms with Gasteiger partial charge < -0.3 is 30.2 Å². The molecule has 2 aliphatic heterocycles. The predicted molar refractivity (Wildman–Crippen MR) is 145 cm³/mol. The number of piperidine rings is 1. The van der Waals surface area contributed by atoms with E-state index < -0.39 is 6.09 Å². The molecule has 0 bridgehead atoms. The van der Waals surface area contributed by atoms with Gasteiger partial charge in [-0.05, 0) is 74.6 Å². The standard InChI is InChI=1S/C28H44ClN3O5/c1-20-8-9-23(29)17-25(20)27(37-15-12-31-28(34)35-2)22-7-5-13-32(18-22)26(33)11-10-24(30)16-21-6-3-4-14-36-19-21/h8-9,17,21-22,24,27H,3-7,10-16,18-19,30H2,1-2H3,(H,31,34)/t21-,22-,24-,27-/m1/s1. The summed E-state index contributed by atoms with van der Waals surface area (Å²) in [7, 11) is 1.33. The second kappa shape index (κ2) is 15.5. The van der Waals surface area contributed by atoms with Crippen molar-refractivity contribution in [2.75, 3.05) is 46.6 Å². The van der Waals surface area contributed by atoms with E-state index in [2.05, 4.69) is 10.1 Å². The molecule has 4 atom stereocenters. The molecule has 3 rings (SSSR count). The molecule has 0 aromatic heterocycles. The molecule has 1 aromatic carbocycles. The first-order chi connectivity index (χ1) is 17.9.